The molecule has 1 fully saturated rings. The van der Waals surface area contributed by atoms with Crippen molar-refractivity contribution in [2.75, 3.05) is 6.54 Å². The molecule has 0 aromatic carbocycles. The molecular formula is C10H12BrNO4S2. The standard InChI is InChI=1S/C10H12BrNO4S2/c1-6-5-8(17-9(6)11)18(15,16)12-4-2-3-7(12)10(13)14/h5,7H,2-4H2,1H3,(H,13,14). The number of rotatable bonds is 3. The molecule has 0 amide bonds. The quantitative estimate of drug-likeness (QED) is 0.902. The van der Waals surface area contributed by atoms with Crippen molar-refractivity contribution in [2.45, 2.75) is 30.0 Å². The van der Waals surface area contributed by atoms with E-state index in [1.807, 2.05) is 0 Å². The van der Waals surface area contributed by atoms with Gasteiger partial charge in [-0.2, -0.15) is 4.31 Å². The van der Waals surface area contributed by atoms with Gasteiger partial charge in [0.25, 0.3) is 10.0 Å². The van der Waals surface area contributed by atoms with E-state index in [1.54, 1.807) is 13.0 Å². The maximum absolute atomic E-state index is 12.4. The van der Waals surface area contributed by atoms with Crippen molar-refractivity contribution < 1.29 is 18.3 Å². The number of hydrogen-bond acceptors (Lipinski definition) is 4. The molecule has 8 heteroatoms. The van der Waals surface area contributed by atoms with Crippen molar-refractivity contribution in [3.8, 4) is 0 Å². The number of nitrogens with zero attached hydrogens (tertiary/aromatic N) is 1. The molecule has 0 aliphatic carbocycles. The monoisotopic (exact) mass is 353 g/mol. The highest BCUT2D eigenvalue weighted by Gasteiger charge is 2.40. The Labute approximate surface area is 118 Å². The van der Waals surface area contributed by atoms with Gasteiger partial charge in [-0.3, -0.25) is 4.79 Å². The zero-order valence-corrected chi connectivity index (χ0v) is 12.8. The van der Waals surface area contributed by atoms with Crippen LogP contribution in [0, 0.1) is 6.92 Å². The summed E-state index contributed by atoms with van der Waals surface area (Å²) in [5.74, 6) is -1.08. The lowest BCUT2D eigenvalue weighted by Crippen LogP contribution is -2.40. The number of carbonyl (C=O) groups is 1. The van der Waals surface area contributed by atoms with E-state index in [9.17, 15) is 13.2 Å². The molecule has 1 atom stereocenters. The largest absolute Gasteiger partial charge is 0.480 e. The lowest BCUT2D eigenvalue weighted by molar-refractivity contribution is -0.140. The molecule has 1 aromatic heterocycles. The highest BCUT2D eigenvalue weighted by molar-refractivity contribution is 9.11. The molecule has 100 valence electrons. The van der Waals surface area contributed by atoms with E-state index < -0.39 is 22.0 Å². The first-order valence-corrected chi connectivity index (χ1v) is 8.39. The minimum absolute atomic E-state index is 0.194. The van der Waals surface area contributed by atoms with Crippen molar-refractivity contribution in [1.82, 2.24) is 4.31 Å². The Kier molecular flexibility index (Phi) is 3.82. The third kappa shape index (κ3) is 2.34. The molecule has 1 aliphatic heterocycles. The molecule has 0 spiro atoms. The smallest absolute Gasteiger partial charge is 0.322 e. The summed E-state index contributed by atoms with van der Waals surface area (Å²) in [6.07, 6.45) is 0.960. The summed E-state index contributed by atoms with van der Waals surface area (Å²) in [5, 5.41) is 9.04. The number of aryl methyl sites for hydroxylation is 1. The molecule has 1 saturated heterocycles. The van der Waals surface area contributed by atoms with Crippen LogP contribution in [-0.2, 0) is 14.8 Å². The molecule has 0 saturated carbocycles. The molecule has 18 heavy (non-hydrogen) atoms. The van der Waals surface area contributed by atoms with E-state index in [0.717, 1.165) is 25.0 Å². The minimum atomic E-state index is -3.69. The Bertz CT molecular complexity index is 561. The Morgan fingerprint density at radius 1 is 1.61 bits per heavy atom. The zero-order chi connectivity index (χ0) is 13.5. The Hall–Kier alpha value is -0.440. The van der Waals surface area contributed by atoms with Crippen molar-refractivity contribution in [1.29, 1.82) is 0 Å². The Morgan fingerprint density at radius 3 is 2.78 bits per heavy atom. The van der Waals surface area contributed by atoms with Gasteiger partial charge < -0.3 is 5.11 Å². The van der Waals surface area contributed by atoms with Gasteiger partial charge in [0, 0.05) is 6.54 Å². The van der Waals surface area contributed by atoms with Gasteiger partial charge in [-0.15, -0.1) is 11.3 Å². The van der Waals surface area contributed by atoms with E-state index >= 15 is 0 Å². The number of carboxylic acid groups (broad SMARTS) is 1. The van der Waals surface area contributed by atoms with Crippen LogP contribution in [0.5, 0.6) is 0 Å². The van der Waals surface area contributed by atoms with Crippen LogP contribution in [0.25, 0.3) is 0 Å². The summed E-state index contributed by atoms with van der Waals surface area (Å²) in [4.78, 5) is 11.1. The van der Waals surface area contributed by atoms with Gasteiger partial charge in [0.2, 0.25) is 0 Å². The van der Waals surface area contributed by atoms with Crippen molar-refractivity contribution in [3.05, 3.63) is 15.4 Å². The number of thiophene rings is 1. The number of carboxylic acids is 1. The van der Waals surface area contributed by atoms with Crippen LogP contribution in [-0.4, -0.2) is 36.4 Å². The molecule has 1 N–H and O–H groups in total. The molecular weight excluding hydrogens is 342 g/mol. The van der Waals surface area contributed by atoms with Gasteiger partial charge >= 0.3 is 5.97 Å². The molecule has 1 aromatic rings. The molecule has 0 radical (unpaired) electrons. The number of halogens is 1. The lowest BCUT2D eigenvalue weighted by Gasteiger charge is -2.19. The third-order valence-electron chi connectivity index (χ3n) is 2.89. The van der Waals surface area contributed by atoms with Gasteiger partial charge in [-0.25, -0.2) is 8.42 Å². The van der Waals surface area contributed by atoms with Gasteiger partial charge in [0.05, 0.1) is 3.79 Å². The highest BCUT2D eigenvalue weighted by atomic mass is 79.9. The van der Waals surface area contributed by atoms with Crippen LogP contribution in [0.2, 0.25) is 0 Å². The average Bonchev–Trinajstić information content (AvgIpc) is 2.87. The topological polar surface area (TPSA) is 74.7 Å². The number of sulfonamides is 1. The summed E-state index contributed by atoms with van der Waals surface area (Å²) >= 11 is 4.40. The summed E-state index contributed by atoms with van der Waals surface area (Å²) < 4.78 is 26.8. The second kappa shape index (κ2) is 4.92. The SMILES string of the molecule is Cc1cc(S(=O)(=O)N2CCCC2C(=O)O)sc1Br. The Balaban J connectivity index is 2.39. The maximum Gasteiger partial charge on any atom is 0.322 e. The number of aliphatic carboxylic acids is 1. The fraction of sp³-hybridized carbons (Fsp3) is 0.500. The van der Waals surface area contributed by atoms with Crippen LogP contribution in [0.3, 0.4) is 0 Å². The fourth-order valence-electron chi connectivity index (χ4n) is 1.95. The normalized spacial score (nSPS) is 21.3. The Morgan fingerprint density at radius 2 is 2.28 bits per heavy atom. The average molecular weight is 354 g/mol. The van der Waals surface area contributed by atoms with E-state index in [-0.39, 0.29) is 10.8 Å². The first kappa shape index (κ1) is 14.0. The van der Waals surface area contributed by atoms with Gasteiger partial charge in [0.1, 0.15) is 10.3 Å². The van der Waals surface area contributed by atoms with E-state index in [2.05, 4.69) is 15.9 Å². The van der Waals surface area contributed by atoms with Crippen LogP contribution in [0.15, 0.2) is 14.1 Å². The molecule has 5 nitrogen and oxygen atoms in total. The summed E-state index contributed by atoms with van der Waals surface area (Å²) in [7, 11) is -3.69. The molecule has 2 heterocycles. The van der Waals surface area contributed by atoms with E-state index in [0.29, 0.717) is 12.8 Å². The van der Waals surface area contributed by atoms with Crippen molar-refractivity contribution >= 4 is 43.3 Å². The third-order valence-corrected chi connectivity index (χ3v) is 7.38. The zero-order valence-electron chi connectivity index (χ0n) is 9.59. The summed E-state index contributed by atoms with van der Waals surface area (Å²) in [6, 6.07) is 0.637. The van der Waals surface area contributed by atoms with Gasteiger partial charge in [0.15, 0.2) is 0 Å². The summed E-state index contributed by atoms with van der Waals surface area (Å²) in [5.41, 5.74) is 0.838. The highest BCUT2D eigenvalue weighted by Crippen LogP contribution is 2.34. The van der Waals surface area contributed by atoms with E-state index in [1.165, 1.54) is 0 Å². The minimum Gasteiger partial charge on any atom is -0.480 e. The van der Waals surface area contributed by atoms with Crippen LogP contribution in [0.4, 0.5) is 0 Å². The van der Waals surface area contributed by atoms with Crippen LogP contribution < -0.4 is 0 Å². The maximum atomic E-state index is 12.4. The van der Waals surface area contributed by atoms with Crippen molar-refractivity contribution in [3.63, 3.8) is 0 Å². The molecule has 0 bridgehead atoms. The second-order valence-electron chi connectivity index (χ2n) is 4.13. The van der Waals surface area contributed by atoms with Gasteiger partial charge in [-0.05, 0) is 47.3 Å². The summed E-state index contributed by atoms with van der Waals surface area (Å²) in [6.45, 7) is 2.08. The number of hydrogen-bond donors (Lipinski definition) is 1. The first-order valence-electron chi connectivity index (χ1n) is 5.34. The van der Waals surface area contributed by atoms with Gasteiger partial charge in [-0.1, -0.05) is 0 Å². The van der Waals surface area contributed by atoms with Crippen molar-refractivity contribution in [2.24, 2.45) is 0 Å². The predicted molar refractivity (Wildman–Crippen MR) is 71.3 cm³/mol. The van der Waals surface area contributed by atoms with Crippen LogP contribution >= 0.6 is 27.3 Å². The fourth-order valence-corrected chi connectivity index (χ4v) is 5.96. The van der Waals surface area contributed by atoms with Crippen LogP contribution in [0.1, 0.15) is 18.4 Å². The van der Waals surface area contributed by atoms with E-state index in [4.69, 9.17) is 5.11 Å². The molecule has 2 rings (SSSR count). The molecule has 1 unspecified atom stereocenters. The second-order valence-corrected chi connectivity index (χ2v) is 8.62. The first-order chi connectivity index (χ1) is 8.34. The molecule has 1 aliphatic rings. The lowest BCUT2D eigenvalue weighted by atomic mass is 10.2. The predicted octanol–water partition coefficient (Wildman–Crippen LogP) is 2.06.